The van der Waals surface area contributed by atoms with E-state index in [-0.39, 0.29) is 24.2 Å². The molecule has 4 heterocycles. The summed E-state index contributed by atoms with van der Waals surface area (Å²) in [5.41, 5.74) is 3.75. The summed E-state index contributed by atoms with van der Waals surface area (Å²) in [5, 5.41) is 3.99. The highest BCUT2D eigenvalue weighted by atomic mass is 16.5. The van der Waals surface area contributed by atoms with E-state index in [2.05, 4.69) is 15.1 Å². The lowest BCUT2D eigenvalue weighted by Gasteiger charge is -2.14. The van der Waals surface area contributed by atoms with Crippen LogP contribution in [-0.4, -0.2) is 41.3 Å². The van der Waals surface area contributed by atoms with Gasteiger partial charge in [0, 0.05) is 31.6 Å². The van der Waals surface area contributed by atoms with Gasteiger partial charge in [-0.15, -0.1) is 0 Å². The van der Waals surface area contributed by atoms with Crippen LogP contribution in [0.15, 0.2) is 51.8 Å². The number of carbonyl (C=O) groups is 1. The minimum Gasteiger partial charge on any atom is -0.339 e. The van der Waals surface area contributed by atoms with Crippen molar-refractivity contribution in [1.82, 2.24) is 28.8 Å². The average molecular weight is 457 g/mol. The van der Waals surface area contributed by atoms with Crippen molar-refractivity contribution >= 4 is 33.9 Å². The number of hydrogen-bond acceptors (Lipinski definition) is 6. The summed E-state index contributed by atoms with van der Waals surface area (Å²) in [6, 6.07) is 13.3. The van der Waals surface area contributed by atoms with Crippen LogP contribution in [0.5, 0.6) is 0 Å². The van der Waals surface area contributed by atoms with Gasteiger partial charge >= 0.3 is 5.69 Å². The van der Waals surface area contributed by atoms with Crippen LogP contribution < -0.4 is 10.6 Å². The van der Waals surface area contributed by atoms with Gasteiger partial charge in [0.2, 0.25) is 23.6 Å². The molecule has 1 aliphatic rings. The number of anilines is 1. The molecule has 0 spiro atoms. The van der Waals surface area contributed by atoms with Crippen molar-refractivity contribution in [3.63, 3.8) is 0 Å². The van der Waals surface area contributed by atoms with Crippen LogP contribution in [0.2, 0.25) is 0 Å². The highest BCUT2D eigenvalue weighted by Crippen LogP contribution is 2.28. The number of aryl methyl sites for hydroxylation is 1. The van der Waals surface area contributed by atoms with Gasteiger partial charge in [0.05, 0.1) is 22.1 Å². The van der Waals surface area contributed by atoms with E-state index in [4.69, 9.17) is 4.52 Å². The Kier molecular flexibility index (Phi) is 4.44. The molecule has 2 aromatic carbocycles. The maximum absolute atomic E-state index is 13.5. The lowest BCUT2D eigenvalue weighted by atomic mass is 10.2. The molecule has 172 valence electrons. The first-order valence-corrected chi connectivity index (χ1v) is 11.2. The molecule has 0 radical (unpaired) electrons. The fourth-order valence-electron chi connectivity index (χ4n) is 4.73. The van der Waals surface area contributed by atoms with Crippen LogP contribution in [0.3, 0.4) is 0 Å². The highest BCUT2D eigenvalue weighted by Gasteiger charge is 2.29. The molecular weight excluding hydrogens is 434 g/mol. The van der Waals surface area contributed by atoms with Crippen molar-refractivity contribution in [3.05, 3.63) is 58.8 Å². The number of para-hydroxylation sites is 2. The Morgan fingerprint density at radius 1 is 1.06 bits per heavy atom. The number of benzene rings is 2. The van der Waals surface area contributed by atoms with Gasteiger partial charge in [-0.25, -0.2) is 9.78 Å². The second-order valence-corrected chi connectivity index (χ2v) is 8.77. The molecule has 3 aromatic heterocycles. The zero-order valence-corrected chi connectivity index (χ0v) is 19.1. The van der Waals surface area contributed by atoms with Crippen molar-refractivity contribution in [2.75, 3.05) is 11.4 Å². The minimum absolute atomic E-state index is 0.0689. The topological polar surface area (TPSA) is 104 Å². The first kappa shape index (κ1) is 20.4. The molecule has 10 heteroatoms. The first-order valence-electron chi connectivity index (χ1n) is 11.2. The average Bonchev–Trinajstić information content (AvgIpc) is 3.56. The molecule has 0 saturated carbocycles. The number of nitrogens with zero attached hydrogens (tertiary/aromatic N) is 7. The number of carbonyl (C=O) groups excluding carboxylic acids is 1. The first-order chi connectivity index (χ1) is 16.4. The maximum atomic E-state index is 13.5. The Morgan fingerprint density at radius 2 is 1.88 bits per heavy atom. The third kappa shape index (κ3) is 2.98. The Labute approximate surface area is 194 Å². The van der Waals surface area contributed by atoms with Gasteiger partial charge in [0.25, 0.3) is 0 Å². The van der Waals surface area contributed by atoms with Crippen molar-refractivity contribution < 1.29 is 9.32 Å². The molecule has 6 rings (SSSR count). The number of rotatable bonds is 4. The summed E-state index contributed by atoms with van der Waals surface area (Å²) >= 11 is 0. The Morgan fingerprint density at radius 3 is 2.65 bits per heavy atom. The SMILES string of the molecule is Cc1nc(-c2ccc3c(c2)n(CC(=O)N2CCn4c2nc2ccccc24)c(=O)n3C(C)C)no1. The molecule has 10 nitrogen and oxygen atoms in total. The molecule has 1 amide bonds. The highest BCUT2D eigenvalue weighted by molar-refractivity contribution is 5.95. The van der Waals surface area contributed by atoms with Crippen molar-refractivity contribution in [2.24, 2.45) is 0 Å². The van der Waals surface area contributed by atoms with E-state index in [1.807, 2.05) is 60.9 Å². The second kappa shape index (κ2) is 7.41. The van der Waals surface area contributed by atoms with E-state index < -0.39 is 0 Å². The van der Waals surface area contributed by atoms with E-state index in [0.29, 0.717) is 36.3 Å². The molecule has 5 aromatic rings. The molecule has 0 saturated heterocycles. The van der Waals surface area contributed by atoms with Crippen LogP contribution >= 0.6 is 0 Å². The van der Waals surface area contributed by atoms with Gasteiger partial charge < -0.3 is 9.09 Å². The Balaban J connectivity index is 1.43. The van der Waals surface area contributed by atoms with E-state index >= 15 is 0 Å². The van der Waals surface area contributed by atoms with Gasteiger partial charge in [-0.1, -0.05) is 17.3 Å². The summed E-state index contributed by atoms with van der Waals surface area (Å²) < 4.78 is 10.4. The number of imidazole rings is 2. The Bertz CT molecular complexity index is 1640. The molecule has 0 bridgehead atoms. The zero-order chi connectivity index (χ0) is 23.6. The minimum atomic E-state index is -0.229. The van der Waals surface area contributed by atoms with Crippen molar-refractivity contribution in [1.29, 1.82) is 0 Å². The van der Waals surface area contributed by atoms with Crippen LogP contribution in [0.4, 0.5) is 5.95 Å². The van der Waals surface area contributed by atoms with Crippen LogP contribution in [0.25, 0.3) is 33.5 Å². The zero-order valence-electron chi connectivity index (χ0n) is 19.1. The quantitative estimate of drug-likeness (QED) is 0.411. The predicted molar refractivity (Wildman–Crippen MR) is 127 cm³/mol. The Hall–Kier alpha value is -4.21. The third-order valence-electron chi connectivity index (χ3n) is 6.28. The fourth-order valence-corrected chi connectivity index (χ4v) is 4.73. The second-order valence-electron chi connectivity index (χ2n) is 8.77. The standard InChI is InChI=1S/C24H23N7O3/c1-14(2)31-19-9-8-16(22-25-15(3)34-27-22)12-20(19)30(24(31)33)13-21(32)29-11-10-28-18-7-5-4-6-17(18)26-23(28)29/h4-9,12,14H,10-11,13H2,1-3H3. The van der Waals surface area contributed by atoms with Crippen LogP contribution in [0, 0.1) is 6.92 Å². The smallest absolute Gasteiger partial charge is 0.329 e. The van der Waals surface area contributed by atoms with E-state index in [1.165, 1.54) is 4.57 Å². The lowest BCUT2D eigenvalue weighted by molar-refractivity contribution is -0.119. The maximum Gasteiger partial charge on any atom is 0.329 e. The number of hydrogen-bond donors (Lipinski definition) is 0. The molecule has 0 unspecified atom stereocenters. The molecular formula is C24H23N7O3. The van der Waals surface area contributed by atoms with Gasteiger partial charge in [-0.05, 0) is 44.2 Å². The molecule has 0 N–H and O–H groups in total. The van der Waals surface area contributed by atoms with Crippen LogP contribution in [-0.2, 0) is 17.9 Å². The molecule has 34 heavy (non-hydrogen) atoms. The van der Waals surface area contributed by atoms with Gasteiger partial charge in [-0.3, -0.25) is 18.8 Å². The summed E-state index contributed by atoms with van der Waals surface area (Å²) in [6.45, 7) is 6.73. The lowest BCUT2D eigenvalue weighted by Crippen LogP contribution is -2.36. The third-order valence-corrected chi connectivity index (χ3v) is 6.28. The van der Waals surface area contributed by atoms with Crippen molar-refractivity contribution in [2.45, 2.75) is 39.9 Å². The summed E-state index contributed by atoms with van der Waals surface area (Å²) in [4.78, 5) is 37.5. The molecule has 0 fully saturated rings. The van der Waals surface area contributed by atoms with E-state index in [0.717, 1.165) is 22.1 Å². The number of amides is 1. The van der Waals surface area contributed by atoms with Gasteiger partial charge in [0.15, 0.2) is 0 Å². The predicted octanol–water partition coefficient (Wildman–Crippen LogP) is 3.14. The number of aromatic nitrogens is 6. The molecule has 0 atom stereocenters. The largest absolute Gasteiger partial charge is 0.339 e. The molecule has 1 aliphatic heterocycles. The van der Waals surface area contributed by atoms with Crippen molar-refractivity contribution in [3.8, 4) is 11.4 Å². The van der Waals surface area contributed by atoms with Gasteiger partial charge in [-0.2, -0.15) is 4.98 Å². The molecule has 0 aliphatic carbocycles. The summed E-state index contributed by atoms with van der Waals surface area (Å²) in [5.74, 6) is 1.34. The normalized spacial score (nSPS) is 13.5. The summed E-state index contributed by atoms with van der Waals surface area (Å²) in [7, 11) is 0. The number of fused-ring (bicyclic) bond motifs is 4. The van der Waals surface area contributed by atoms with E-state index in [1.54, 1.807) is 16.4 Å². The fraction of sp³-hybridized carbons (Fsp3) is 0.292. The summed E-state index contributed by atoms with van der Waals surface area (Å²) in [6.07, 6.45) is 0. The van der Waals surface area contributed by atoms with E-state index in [9.17, 15) is 9.59 Å². The van der Waals surface area contributed by atoms with Gasteiger partial charge in [0.1, 0.15) is 6.54 Å². The monoisotopic (exact) mass is 457 g/mol. The van der Waals surface area contributed by atoms with Crippen LogP contribution in [0.1, 0.15) is 25.8 Å².